The highest BCUT2D eigenvalue weighted by molar-refractivity contribution is 8.01. The zero-order chi connectivity index (χ0) is 21.0. The number of nitrogens with one attached hydrogen (secondary N) is 1. The lowest BCUT2D eigenvalue weighted by atomic mass is 10.2. The molecule has 29 heavy (non-hydrogen) atoms. The van der Waals surface area contributed by atoms with Crippen molar-refractivity contribution >= 4 is 46.4 Å². The fourth-order valence-corrected chi connectivity index (χ4v) is 5.36. The predicted molar refractivity (Wildman–Crippen MR) is 116 cm³/mol. The van der Waals surface area contributed by atoms with Gasteiger partial charge in [-0.25, -0.2) is 9.78 Å². The number of unbranched alkanes of at least 4 members (excludes halogenated alkanes) is 2. The molecule has 10 heteroatoms. The molecule has 0 spiro atoms. The molecule has 0 fully saturated rings. The molecule has 0 aliphatic carbocycles. The summed E-state index contributed by atoms with van der Waals surface area (Å²) < 4.78 is 14.7. The van der Waals surface area contributed by atoms with E-state index < -0.39 is 11.6 Å². The number of carbonyl (C=O) groups is 1. The van der Waals surface area contributed by atoms with Crippen molar-refractivity contribution in [2.24, 2.45) is 0 Å². The van der Waals surface area contributed by atoms with E-state index in [2.05, 4.69) is 15.3 Å². The van der Waals surface area contributed by atoms with Crippen LogP contribution >= 0.6 is 34.7 Å². The zero-order valence-electron chi connectivity index (χ0n) is 16.0. The standard InChI is InChI=1S/C19H20ClFN4O2S2/c1-11-12(2)29-18(28-9-5-3-4-8-21)15-16(24-19(27)25(11)15)23-17(26)13-6-7-14(20)22-10-13/h6-7,10H,3-5,8-9H2,1-2H3,(H,23,24,26,27). The van der Waals surface area contributed by atoms with Gasteiger partial charge in [0, 0.05) is 16.8 Å². The summed E-state index contributed by atoms with van der Waals surface area (Å²) in [4.78, 5) is 34.1. The van der Waals surface area contributed by atoms with Crippen molar-refractivity contribution in [3.8, 4) is 5.69 Å². The summed E-state index contributed by atoms with van der Waals surface area (Å²) in [6.45, 7) is 3.50. The van der Waals surface area contributed by atoms with Gasteiger partial charge in [0.2, 0.25) is 0 Å². The molecule has 1 amide bonds. The van der Waals surface area contributed by atoms with Gasteiger partial charge in [0.05, 0.1) is 16.4 Å². The highest BCUT2D eigenvalue weighted by Crippen LogP contribution is 2.38. The molecule has 0 aromatic carbocycles. The summed E-state index contributed by atoms with van der Waals surface area (Å²) in [6.07, 6.45) is 3.61. The van der Waals surface area contributed by atoms with Gasteiger partial charge in [0.1, 0.15) is 10.8 Å². The van der Waals surface area contributed by atoms with Crippen LogP contribution in [0, 0.1) is 13.8 Å². The van der Waals surface area contributed by atoms with Crippen molar-refractivity contribution in [2.75, 3.05) is 17.7 Å². The van der Waals surface area contributed by atoms with Crippen LogP contribution in [-0.4, -0.2) is 32.9 Å². The van der Waals surface area contributed by atoms with Crippen LogP contribution in [0.1, 0.15) is 40.2 Å². The lowest BCUT2D eigenvalue weighted by molar-refractivity contribution is 0.102. The lowest BCUT2D eigenvalue weighted by Gasteiger charge is -2.15. The van der Waals surface area contributed by atoms with E-state index in [1.165, 1.54) is 16.8 Å². The van der Waals surface area contributed by atoms with Crippen molar-refractivity contribution < 1.29 is 9.18 Å². The maximum absolute atomic E-state index is 12.6. The van der Waals surface area contributed by atoms with E-state index in [9.17, 15) is 14.0 Å². The second kappa shape index (κ2) is 9.69. The predicted octanol–water partition coefficient (Wildman–Crippen LogP) is 4.88. The number of nitrogens with zero attached hydrogens (tertiary/aromatic N) is 3. The minimum absolute atomic E-state index is 0.223. The van der Waals surface area contributed by atoms with Crippen molar-refractivity contribution in [1.82, 2.24) is 14.5 Å². The first-order valence-electron chi connectivity index (χ1n) is 9.06. The Balaban J connectivity index is 1.91. The first-order chi connectivity index (χ1) is 13.9. The van der Waals surface area contributed by atoms with Gasteiger partial charge in [-0.15, -0.1) is 23.1 Å². The molecule has 6 nitrogen and oxygen atoms in total. The first-order valence-corrected chi connectivity index (χ1v) is 11.2. The number of aryl methyl sites for hydroxylation is 1. The number of fused-ring (bicyclic) bond motifs is 1. The Morgan fingerprint density at radius 3 is 2.79 bits per heavy atom. The fraction of sp³-hybridized carbons (Fsp3) is 0.368. The third-order valence-corrected chi connectivity index (χ3v) is 7.12. The number of hydrogen-bond donors (Lipinski definition) is 1. The molecular weight excluding hydrogens is 435 g/mol. The van der Waals surface area contributed by atoms with Crippen LogP contribution in [0.15, 0.2) is 27.3 Å². The highest BCUT2D eigenvalue weighted by atomic mass is 35.5. The van der Waals surface area contributed by atoms with E-state index in [1.807, 2.05) is 13.8 Å². The number of aromatic nitrogens is 3. The van der Waals surface area contributed by atoms with Crippen molar-refractivity contribution in [2.45, 2.75) is 37.3 Å². The lowest BCUT2D eigenvalue weighted by Crippen LogP contribution is -2.17. The number of amides is 1. The molecule has 2 aliphatic rings. The van der Waals surface area contributed by atoms with E-state index in [1.54, 1.807) is 29.2 Å². The minimum atomic E-state index is -0.433. The van der Waals surface area contributed by atoms with Gasteiger partial charge in [-0.05, 0) is 44.6 Å². The van der Waals surface area contributed by atoms with Gasteiger partial charge < -0.3 is 5.32 Å². The average Bonchev–Trinajstić information content (AvgIpc) is 3.02. The molecule has 0 atom stereocenters. The minimum Gasteiger partial charge on any atom is -0.305 e. The van der Waals surface area contributed by atoms with Crippen molar-refractivity contribution in [3.63, 3.8) is 0 Å². The molecule has 0 saturated carbocycles. The van der Waals surface area contributed by atoms with Crippen molar-refractivity contribution in [1.29, 1.82) is 0 Å². The van der Waals surface area contributed by atoms with Crippen LogP contribution in [0.5, 0.6) is 0 Å². The summed E-state index contributed by atoms with van der Waals surface area (Å²) in [7, 11) is 0. The van der Waals surface area contributed by atoms with Gasteiger partial charge in [-0.1, -0.05) is 18.0 Å². The number of halogens is 2. The summed E-state index contributed by atoms with van der Waals surface area (Å²) in [6, 6.07) is 3.08. The number of anilines is 1. The van der Waals surface area contributed by atoms with E-state index in [-0.39, 0.29) is 17.6 Å². The normalized spacial score (nSPS) is 11.2. The van der Waals surface area contributed by atoms with Gasteiger partial charge >= 0.3 is 5.69 Å². The van der Waals surface area contributed by atoms with Gasteiger partial charge in [-0.3, -0.25) is 13.8 Å². The van der Waals surface area contributed by atoms with E-state index >= 15 is 0 Å². The topological polar surface area (TPSA) is 76.9 Å². The molecule has 2 aliphatic heterocycles. The Kier molecular flexibility index (Phi) is 7.26. The molecule has 154 valence electrons. The van der Waals surface area contributed by atoms with Gasteiger partial charge in [-0.2, -0.15) is 4.98 Å². The number of thioether (sulfide) groups is 1. The van der Waals surface area contributed by atoms with Crippen LogP contribution < -0.4 is 11.0 Å². The SMILES string of the molecule is Cc1sc(SCCCCCF)c2c(NC(=O)c3ccc(Cl)nc3)nc(=O)n-2c1C. The van der Waals surface area contributed by atoms with Crippen LogP contribution in [0.2, 0.25) is 5.15 Å². The van der Waals surface area contributed by atoms with E-state index in [0.29, 0.717) is 17.7 Å². The van der Waals surface area contributed by atoms with Gasteiger partial charge in [0.25, 0.3) is 5.91 Å². The molecule has 1 aromatic rings. The average molecular weight is 455 g/mol. The summed E-state index contributed by atoms with van der Waals surface area (Å²) >= 11 is 8.92. The van der Waals surface area contributed by atoms with Crippen LogP contribution in [-0.2, 0) is 0 Å². The molecule has 1 aromatic heterocycles. The maximum Gasteiger partial charge on any atom is 0.354 e. The van der Waals surface area contributed by atoms with Crippen molar-refractivity contribution in [3.05, 3.63) is 50.1 Å². The van der Waals surface area contributed by atoms with Crippen LogP contribution in [0.4, 0.5) is 10.2 Å². The summed E-state index contributed by atoms with van der Waals surface area (Å²) in [5.74, 6) is 0.597. The number of imidazole rings is 1. The quantitative estimate of drug-likeness (QED) is 0.298. The second-order valence-electron chi connectivity index (χ2n) is 6.38. The number of carbonyl (C=O) groups excluding carboxylic acids is 1. The molecule has 3 rings (SSSR count). The Morgan fingerprint density at radius 2 is 2.10 bits per heavy atom. The zero-order valence-corrected chi connectivity index (χ0v) is 18.4. The summed E-state index contributed by atoms with van der Waals surface area (Å²) in [5, 5.41) is 3.02. The Hall–Kier alpha value is -1.97. The fourth-order valence-electron chi connectivity index (χ4n) is 2.73. The third kappa shape index (κ3) is 4.96. The molecule has 0 unspecified atom stereocenters. The molecule has 1 N–H and O–H groups in total. The van der Waals surface area contributed by atoms with E-state index in [4.69, 9.17) is 11.6 Å². The number of rotatable bonds is 8. The van der Waals surface area contributed by atoms with Crippen LogP contribution in [0.25, 0.3) is 5.69 Å². The third-order valence-electron chi connectivity index (χ3n) is 4.36. The Morgan fingerprint density at radius 1 is 1.31 bits per heavy atom. The summed E-state index contributed by atoms with van der Waals surface area (Å²) in [5.41, 5.74) is 1.26. The monoisotopic (exact) mass is 454 g/mol. The smallest absolute Gasteiger partial charge is 0.305 e. The molecule has 0 saturated heterocycles. The maximum atomic E-state index is 12.6. The Labute approximate surface area is 180 Å². The second-order valence-corrected chi connectivity index (χ2v) is 9.36. The molecule has 0 radical (unpaired) electrons. The van der Waals surface area contributed by atoms with E-state index in [0.717, 1.165) is 33.4 Å². The number of hydrogen-bond acceptors (Lipinski definition) is 6. The first kappa shape index (κ1) is 21.7. The highest BCUT2D eigenvalue weighted by Gasteiger charge is 2.24. The number of alkyl halides is 1. The number of pyridine rings is 1. The molecular formula is C19H20ClFN4O2S2. The largest absolute Gasteiger partial charge is 0.354 e. The Bertz CT molecular complexity index is 1040. The molecule has 0 bridgehead atoms. The van der Waals surface area contributed by atoms with Crippen LogP contribution in [0.3, 0.4) is 0 Å². The molecule has 3 heterocycles. The van der Waals surface area contributed by atoms with Gasteiger partial charge in [0.15, 0.2) is 5.82 Å².